The number of rotatable bonds is 11. The van der Waals surface area contributed by atoms with Crippen molar-refractivity contribution in [1.29, 1.82) is 0 Å². The monoisotopic (exact) mass is 398 g/mol. The van der Waals surface area contributed by atoms with Gasteiger partial charge in [0.2, 0.25) is 0 Å². The van der Waals surface area contributed by atoms with Gasteiger partial charge in [0.1, 0.15) is 0 Å². The van der Waals surface area contributed by atoms with Crippen LogP contribution in [-0.2, 0) is 14.3 Å². The SMILES string of the molecule is C=CCCCCCCC(CC1c2ccccc2-c2ccccc21)OS(C)(=O)=O. The van der Waals surface area contributed by atoms with Crippen molar-refractivity contribution in [1.82, 2.24) is 0 Å². The van der Waals surface area contributed by atoms with Crippen LogP contribution in [0.1, 0.15) is 62.0 Å². The molecule has 0 amide bonds. The standard InChI is InChI=1S/C24H30O3S/c1-3-4-5-6-7-8-13-19(27-28(2,25)26)18-24-22-16-11-9-14-20(22)21-15-10-12-17-23(21)24/h3,9-12,14-17,19,24H,1,4-8,13,18H2,2H3. The summed E-state index contributed by atoms with van der Waals surface area (Å²) in [4.78, 5) is 0. The van der Waals surface area contributed by atoms with Gasteiger partial charge in [-0.25, -0.2) is 0 Å². The molecule has 150 valence electrons. The van der Waals surface area contributed by atoms with E-state index in [2.05, 4.69) is 55.1 Å². The minimum Gasteiger partial charge on any atom is -0.267 e. The van der Waals surface area contributed by atoms with Gasteiger partial charge >= 0.3 is 0 Å². The molecular formula is C24H30O3S. The van der Waals surface area contributed by atoms with Gasteiger partial charge in [-0.3, -0.25) is 4.18 Å². The van der Waals surface area contributed by atoms with Crippen molar-refractivity contribution >= 4 is 10.1 Å². The molecular weight excluding hydrogens is 368 g/mol. The second-order valence-corrected chi connectivity index (χ2v) is 9.27. The van der Waals surface area contributed by atoms with Crippen LogP contribution in [0.2, 0.25) is 0 Å². The molecule has 0 saturated carbocycles. The fourth-order valence-corrected chi connectivity index (χ4v) is 4.91. The van der Waals surface area contributed by atoms with Gasteiger partial charge in [0.05, 0.1) is 12.4 Å². The zero-order valence-corrected chi connectivity index (χ0v) is 17.5. The molecule has 28 heavy (non-hydrogen) atoms. The molecule has 2 aromatic rings. The van der Waals surface area contributed by atoms with Gasteiger partial charge in [-0.1, -0.05) is 73.9 Å². The summed E-state index contributed by atoms with van der Waals surface area (Å²) in [5, 5.41) is 0. The Hall–Kier alpha value is -1.91. The Labute approximate surface area is 169 Å². The van der Waals surface area contributed by atoms with Gasteiger partial charge in [-0.15, -0.1) is 6.58 Å². The van der Waals surface area contributed by atoms with E-state index in [1.165, 1.54) is 22.3 Å². The molecule has 1 unspecified atom stereocenters. The van der Waals surface area contributed by atoms with Gasteiger partial charge < -0.3 is 0 Å². The first kappa shape index (κ1) is 20.8. The Kier molecular flexibility index (Phi) is 7.08. The summed E-state index contributed by atoms with van der Waals surface area (Å²) < 4.78 is 29.2. The highest BCUT2D eigenvalue weighted by Crippen LogP contribution is 2.47. The van der Waals surface area contributed by atoms with Crippen molar-refractivity contribution in [2.75, 3.05) is 6.26 Å². The first-order chi connectivity index (χ1) is 13.5. The molecule has 0 aliphatic heterocycles. The van der Waals surface area contributed by atoms with E-state index in [0.29, 0.717) is 6.42 Å². The summed E-state index contributed by atoms with van der Waals surface area (Å²) in [5.74, 6) is 0.180. The van der Waals surface area contributed by atoms with E-state index >= 15 is 0 Å². The van der Waals surface area contributed by atoms with Crippen molar-refractivity contribution in [3.8, 4) is 11.1 Å². The summed E-state index contributed by atoms with van der Waals surface area (Å²) >= 11 is 0. The normalized spacial score (nSPS) is 14.5. The number of benzene rings is 2. The van der Waals surface area contributed by atoms with E-state index < -0.39 is 10.1 Å². The summed E-state index contributed by atoms with van der Waals surface area (Å²) in [6.45, 7) is 3.75. The molecule has 3 rings (SSSR count). The minimum absolute atomic E-state index is 0.180. The predicted octanol–water partition coefficient (Wildman–Crippen LogP) is 6.06. The average molecular weight is 399 g/mol. The maximum Gasteiger partial charge on any atom is 0.264 e. The largest absolute Gasteiger partial charge is 0.267 e. The molecule has 0 heterocycles. The van der Waals surface area contributed by atoms with Crippen molar-refractivity contribution < 1.29 is 12.6 Å². The summed E-state index contributed by atoms with van der Waals surface area (Å²) in [6.07, 6.45) is 9.67. The average Bonchev–Trinajstić information content (AvgIpc) is 2.98. The molecule has 0 bridgehead atoms. The smallest absolute Gasteiger partial charge is 0.264 e. The van der Waals surface area contributed by atoms with Crippen LogP contribution < -0.4 is 0 Å². The topological polar surface area (TPSA) is 43.4 Å². The fourth-order valence-electron chi connectivity index (χ4n) is 4.24. The lowest BCUT2D eigenvalue weighted by Crippen LogP contribution is -2.20. The molecule has 1 atom stereocenters. The van der Waals surface area contributed by atoms with Crippen LogP contribution in [0.5, 0.6) is 0 Å². The molecule has 1 aliphatic rings. The van der Waals surface area contributed by atoms with Crippen LogP contribution >= 0.6 is 0 Å². The predicted molar refractivity (Wildman–Crippen MR) is 116 cm³/mol. The molecule has 4 heteroatoms. The van der Waals surface area contributed by atoms with Gasteiger partial charge in [0.15, 0.2) is 0 Å². The van der Waals surface area contributed by atoms with E-state index in [1.54, 1.807) is 0 Å². The van der Waals surface area contributed by atoms with Crippen molar-refractivity contribution in [3.63, 3.8) is 0 Å². The van der Waals surface area contributed by atoms with Crippen LogP contribution in [0.25, 0.3) is 11.1 Å². The first-order valence-electron chi connectivity index (χ1n) is 10.2. The van der Waals surface area contributed by atoms with Gasteiger partial charge in [-0.05, 0) is 47.9 Å². The maximum absolute atomic E-state index is 11.8. The van der Waals surface area contributed by atoms with Crippen LogP contribution in [0.3, 0.4) is 0 Å². The number of allylic oxidation sites excluding steroid dienone is 1. The number of fused-ring (bicyclic) bond motifs is 3. The lowest BCUT2D eigenvalue weighted by atomic mass is 9.89. The molecule has 3 nitrogen and oxygen atoms in total. The Balaban J connectivity index is 1.73. The molecule has 0 fully saturated rings. The van der Waals surface area contributed by atoms with Gasteiger partial charge in [-0.2, -0.15) is 8.42 Å². The highest BCUT2D eigenvalue weighted by atomic mass is 32.2. The Morgan fingerprint density at radius 3 is 2.11 bits per heavy atom. The Morgan fingerprint density at radius 1 is 0.964 bits per heavy atom. The van der Waals surface area contributed by atoms with E-state index in [9.17, 15) is 8.42 Å². The molecule has 0 N–H and O–H groups in total. The number of hydrogen-bond donors (Lipinski definition) is 0. The van der Waals surface area contributed by atoms with E-state index in [4.69, 9.17) is 4.18 Å². The lowest BCUT2D eigenvalue weighted by Gasteiger charge is -2.22. The quantitative estimate of drug-likeness (QED) is 0.262. The summed E-state index contributed by atoms with van der Waals surface area (Å²) in [7, 11) is -3.48. The van der Waals surface area contributed by atoms with Gasteiger partial charge in [0.25, 0.3) is 10.1 Å². The van der Waals surface area contributed by atoms with Crippen LogP contribution in [0, 0.1) is 0 Å². The summed E-state index contributed by atoms with van der Waals surface area (Å²) in [6, 6.07) is 16.9. The van der Waals surface area contributed by atoms with Crippen LogP contribution in [0.4, 0.5) is 0 Å². The Bertz CT molecular complexity index is 856. The van der Waals surface area contributed by atoms with Crippen molar-refractivity contribution in [2.24, 2.45) is 0 Å². The third-order valence-electron chi connectivity index (χ3n) is 5.46. The Morgan fingerprint density at radius 2 is 1.54 bits per heavy atom. The molecule has 0 spiro atoms. The van der Waals surface area contributed by atoms with E-state index in [0.717, 1.165) is 44.8 Å². The highest BCUT2D eigenvalue weighted by Gasteiger charge is 2.31. The second kappa shape index (κ2) is 9.53. The van der Waals surface area contributed by atoms with E-state index in [-0.39, 0.29) is 12.0 Å². The molecule has 2 aromatic carbocycles. The lowest BCUT2D eigenvalue weighted by molar-refractivity contribution is 0.181. The molecule has 0 saturated heterocycles. The zero-order chi connectivity index (χ0) is 20.0. The molecule has 0 radical (unpaired) electrons. The van der Waals surface area contributed by atoms with Gasteiger partial charge in [0, 0.05) is 5.92 Å². The fraction of sp³-hybridized carbons (Fsp3) is 0.417. The minimum atomic E-state index is -3.48. The highest BCUT2D eigenvalue weighted by molar-refractivity contribution is 7.86. The van der Waals surface area contributed by atoms with Crippen molar-refractivity contribution in [3.05, 3.63) is 72.3 Å². The number of hydrogen-bond acceptors (Lipinski definition) is 3. The van der Waals surface area contributed by atoms with E-state index in [1.807, 2.05) is 6.08 Å². The third-order valence-corrected chi connectivity index (χ3v) is 6.08. The van der Waals surface area contributed by atoms with Crippen LogP contribution in [0.15, 0.2) is 61.2 Å². The molecule has 1 aliphatic carbocycles. The zero-order valence-electron chi connectivity index (χ0n) is 16.6. The third kappa shape index (κ3) is 5.33. The van der Waals surface area contributed by atoms with Crippen molar-refractivity contribution in [2.45, 2.75) is 57.0 Å². The second-order valence-electron chi connectivity index (χ2n) is 7.67. The first-order valence-corrected chi connectivity index (χ1v) is 12.0. The molecule has 0 aromatic heterocycles. The summed E-state index contributed by atoms with van der Waals surface area (Å²) in [5.41, 5.74) is 5.06. The van der Waals surface area contributed by atoms with Crippen LogP contribution in [-0.4, -0.2) is 20.8 Å². The maximum atomic E-state index is 11.8. The number of unbranched alkanes of at least 4 members (excludes halogenated alkanes) is 4.